The molecule has 0 saturated carbocycles. The first-order valence-corrected chi connectivity index (χ1v) is 8.06. The zero-order chi connectivity index (χ0) is 16.1. The second kappa shape index (κ2) is 7.71. The van der Waals surface area contributed by atoms with E-state index < -0.39 is 30.5 Å². The molecular formula is C15H18BrNO5. The third-order valence-corrected chi connectivity index (χ3v) is 3.98. The lowest BCUT2D eigenvalue weighted by Gasteiger charge is -2.39. The average Bonchev–Trinajstić information content (AvgIpc) is 2.49. The maximum Gasteiger partial charge on any atom is 0.338 e. The number of halogens is 1. The quantitative estimate of drug-likeness (QED) is 0.613. The summed E-state index contributed by atoms with van der Waals surface area (Å²) in [6, 6.07) is 8.08. The molecule has 0 aromatic heterocycles. The van der Waals surface area contributed by atoms with Gasteiger partial charge in [0, 0.05) is 18.7 Å². The highest BCUT2D eigenvalue weighted by molar-refractivity contribution is 9.09. The van der Waals surface area contributed by atoms with E-state index in [4.69, 9.17) is 9.47 Å². The van der Waals surface area contributed by atoms with Crippen LogP contribution in [0.4, 0.5) is 0 Å². The van der Waals surface area contributed by atoms with Crippen molar-refractivity contribution in [3.05, 3.63) is 35.9 Å². The summed E-state index contributed by atoms with van der Waals surface area (Å²) in [5.74, 6) is -0.750. The van der Waals surface area contributed by atoms with Crippen molar-refractivity contribution in [2.45, 2.75) is 37.9 Å². The summed E-state index contributed by atoms with van der Waals surface area (Å²) in [7, 11) is 0. The molecule has 0 unspecified atom stereocenters. The van der Waals surface area contributed by atoms with Gasteiger partial charge in [-0.25, -0.2) is 4.79 Å². The standard InChI is InChI=1S/C15H18BrNO5/c1-9(18)17-11-7-13(19)21-12(8-16)14(11)22-15(20)10-5-3-2-4-6-10/h2-6,11-14,19H,7-8H2,1H3,(H,17,18)/t11-,12-,13-,14-/m0/s1. The number of carbonyl (C=O) groups is 2. The van der Waals surface area contributed by atoms with Crippen LogP contribution in [-0.2, 0) is 14.3 Å². The first-order chi connectivity index (χ1) is 10.5. The normalized spacial score (nSPS) is 28.0. The maximum atomic E-state index is 12.2. The Bertz CT molecular complexity index is 524. The minimum absolute atomic E-state index is 0.163. The number of aliphatic hydroxyl groups excluding tert-OH is 1. The Morgan fingerprint density at radius 3 is 2.68 bits per heavy atom. The molecule has 6 nitrogen and oxygen atoms in total. The number of ether oxygens (including phenoxy) is 2. The summed E-state index contributed by atoms with van der Waals surface area (Å²) in [5.41, 5.74) is 0.420. The van der Waals surface area contributed by atoms with E-state index in [-0.39, 0.29) is 12.3 Å². The van der Waals surface area contributed by atoms with Crippen LogP contribution in [0.15, 0.2) is 30.3 Å². The predicted molar refractivity (Wildman–Crippen MR) is 82.5 cm³/mol. The molecule has 1 amide bonds. The molecule has 1 saturated heterocycles. The lowest BCUT2D eigenvalue weighted by molar-refractivity contribution is -0.201. The highest BCUT2D eigenvalue weighted by atomic mass is 79.9. The summed E-state index contributed by atoms with van der Waals surface area (Å²) < 4.78 is 10.9. The van der Waals surface area contributed by atoms with Crippen LogP contribution in [0.3, 0.4) is 0 Å². The second-order valence-corrected chi connectivity index (χ2v) is 5.71. The highest BCUT2D eigenvalue weighted by Gasteiger charge is 2.41. The van der Waals surface area contributed by atoms with E-state index in [1.165, 1.54) is 6.92 Å². The van der Waals surface area contributed by atoms with Crippen LogP contribution in [0, 0.1) is 0 Å². The summed E-state index contributed by atoms with van der Waals surface area (Å²) >= 11 is 3.28. The van der Waals surface area contributed by atoms with Crippen molar-refractivity contribution in [1.82, 2.24) is 5.32 Å². The Morgan fingerprint density at radius 2 is 2.09 bits per heavy atom. The number of benzene rings is 1. The number of rotatable bonds is 4. The number of aliphatic hydroxyl groups is 1. The number of hydrogen-bond donors (Lipinski definition) is 2. The Labute approximate surface area is 136 Å². The smallest absolute Gasteiger partial charge is 0.338 e. The third kappa shape index (κ3) is 4.28. The van der Waals surface area contributed by atoms with Crippen LogP contribution in [0.25, 0.3) is 0 Å². The molecule has 0 bridgehead atoms. The average molecular weight is 372 g/mol. The van der Waals surface area contributed by atoms with Crippen LogP contribution >= 0.6 is 15.9 Å². The fourth-order valence-corrected chi connectivity index (χ4v) is 2.92. The molecule has 0 radical (unpaired) electrons. The van der Waals surface area contributed by atoms with Gasteiger partial charge in [-0.2, -0.15) is 0 Å². The van der Waals surface area contributed by atoms with Gasteiger partial charge >= 0.3 is 5.97 Å². The Morgan fingerprint density at radius 1 is 1.41 bits per heavy atom. The third-order valence-electron chi connectivity index (χ3n) is 3.34. The molecule has 0 aliphatic carbocycles. The number of nitrogens with one attached hydrogen (secondary N) is 1. The molecule has 1 aliphatic heterocycles. The summed E-state index contributed by atoms with van der Waals surface area (Å²) in [6.45, 7) is 1.38. The molecule has 120 valence electrons. The molecule has 1 heterocycles. The Kier molecular flexibility index (Phi) is 5.93. The van der Waals surface area contributed by atoms with Crippen molar-refractivity contribution in [3.63, 3.8) is 0 Å². The zero-order valence-electron chi connectivity index (χ0n) is 12.1. The van der Waals surface area contributed by atoms with Crippen LogP contribution in [0.2, 0.25) is 0 Å². The van der Waals surface area contributed by atoms with E-state index in [1.807, 2.05) is 0 Å². The van der Waals surface area contributed by atoms with Gasteiger partial charge in [-0.15, -0.1) is 0 Å². The summed E-state index contributed by atoms with van der Waals surface area (Å²) in [6.07, 6.45) is -2.07. The minimum atomic E-state index is -1.01. The molecule has 0 spiro atoms. The SMILES string of the molecule is CC(=O)N[C@H]1C[C@@H](O)O[C@@H](CBr)[C@H]1OC(=O)c1ccccc1. The van der Waals surface area contributed by atoms with E-state index in [1.54, 1.807) is 30.3 Å². The zero-order valence-corrected chi connectivity index (χ0v) is 13.7. The number of hydrogen-bond acceptors (Lipinski definition) is 5. The summed E-state index contributed by atoms with van der Waals surface area (Å²) in [5, 5.41) is 12.8. The molecule has 4 atom stereocenters. The van der Waals surface area contributed by atoms with E-state index >= 15 is 0 Å². The molecule has 1 aromatic carbocycles. The fraction of sp³-hybridized carbons (Fsp3) is 0.467. The van der Waals surface area contributed by atoms with Crippen molar-refractivity contribution in [3.8, 4) is 0 Å². The van der Waals surface area contributed by atoms with Gasteiger partial charge in [0.15, 0.2) is 6.29 Å². The van der Waals surface area contributed by atoms with Crippen molar-refractivity contribution in [1.29, 1.82) is 0 Å². The van der Waals surface area contributed by atoms with E-state index in [2.05, 4.69) is 21.2 Å². The van der Waals surface area contributed by atoms with Crippen molar-refractivity contribution in [2.24, 2.45) is 0 Å². The molecular weight excluding hydrogens is 354 g/mol. The second-order valence-electron chi connectivity index (χ2n) is 5.06. The van der Waals surface area contributed by atoms with Gasteiger partial charge in [0.25, 0.3) is 0 Å². The molecule has 1 aromatic rings. The van der Waals surface area contributed by atoms with Crippen LogP contribution in [0.5, 0.6) is 0 Å². The van der Waals surface area contributed by atoms with E-state index in [0.717, 1.165) is 0 Å². The first-order valence-electron chi connectivity index (χ1n) is 6.94. The fourth-order valence-electron chi connectivity index (χ4n) is 2.40. The van der Waals surface area contributed by atoms with Gasteiger partial charge in [-0.1, -0.05) is 34.1 Å². The number of esters is 1. The molecule has 1 aliphatic rings. The van der Waals surface area contributed by atoms with Gasteiger partial charge in [0.1, 0.15) is 12.2 Å². The molecule has 2 rings (SSSR count). The van der Waals surface area contributed by atoms with Crippen molar-refractivity contribution >= 4 is 27.8 Å². The number of carbonyl (C=O) groups excluding carboxylic acids is 2. The van der Waals surface area contributed by atoms with Gasteiger partial charge in [0.05, 0.1) is 11.6 Å². The number of alkyl halides is 1. The van der Waals surface area contributed by atoms with Crippen molar-refractivity contribution < 1.29 is 24.2 Å². The predicted octanol–water partition coefficient (Wildman–Crippen LogP) is 1.22. The Hall–Kier alpha value is -1.44. The molecule has 22 heavy (non-hydrogen) atoms. The largest absolute Gasteiger partial charge is 0.454 e. The lowest BCUT2D eigenvalue weighted by atomic mass is 9.99. The van der Waals surface area contributed by atoms with Gasteiger partial charge < -0.3 is 19.9 Å². The van der Waals surface area contributed by atoms with Gasteiger partial charge in [-0.05, 0) is 12.1 Å². The lowest BCUT2D eigenvalue weighted by Crippen LogP contribution is -2.57. The molecule has 2 N–H and O–H groups in total. The van der Waals surface area contributed by atoms with Crippen LogP contribution in [0.1, 0.15) is 23.7 Å². The van der Waals surface area contributed by atoms with Crippen molar-refractivity contribution in [2.75, 3.05) is 5.33 Å². The number of amides is 1. The minimum Gasteiger partial charge on any atom is -0.454 e. The highest BCUT2D eigenvalue weighted by Crippen LogP contribution is 2.24. The van der Waals surface area contributed by atoms with E-state index in [9.17, 15) is 14.7 Å². The van der Waals surface area contributed by atoms with Gasteiger partial charge in [0.2, 0.25) is 5.91 Å². The summed E-state index contributed by atoms with van der Waals surface area (Å²) in [4.78, 5) is 23.5. The van der Waals surface area contributed by atoms with E-state index in [0.29, 0.717) is 10.9 Å². The molecule has 1 fully saturated rings. The van der Waals surface area contributed by atoms with Crippen LogP contribution < -0.4 is 5.32 Å². The monoisotopic (exact) mass is 371 g/mol. The maximum absolute atomic E-state index is 12.2. The van der Waals surface area contributed by atoms with Crippen LogP contribution in [-0.4, -0.2) is 46.9 Å². The molecule has 7 heteroatoms. The first kappa shape index (κ1) is 16.9. The Balaban J connectivity index is 2.15. The van der Waals surface area contributed by atoms with Gasteiger partial charge in [-0.3, -0.25) is 4.79 Å². The topological polar surface area (TPSA) is 84.9 Å².